The summed E-state index contributed by atoms with van der Waals surface area (Å²) in [6, 6.07) is -0.244. The van der Waals surface area contributed by atoms with Crippen LogP contribution in [0.1, 0.15) is 27.2 Å². The molecule has 5 heteroatoms. The average Bonchev–Trinajstić information content (AvgIpc) is 2.11. The summed E-state index contributed by atoms with van der Waals surface area (Å²) in [4.78, 5) is 23.0. The van der Waals surface area contributed by atoms with Crippen molar-refractivity contribution in [1.29, 1.82) is 0 Å². The molecule has 88 valence electrons. The SMILES string of the molecule is CCC(NC(=O)N(C)CC(=O)O)C(C)C. The van der Waals surface area contributed by atoms with Crippen molar-refractivity contribution < 1.29 is 14.7 Å². The second kappa shape index (κ2) is 6.27. The van der Waals surface area contributed by atoms with Gasteiger partial charge < -0.3 is 15.3 Å². The summed E-state index contributed by atoms with van der Waals surface area (Å²) in [5.41, 5.74) is 0. The molecule has 0 saturated carbocycles. The summed E-state index contributed by atoms with van der Waals surface area (Å²) >= 11 is 0. The number of carboxylic acids is 1. The van der Waals surface area contributed by atoms with E-state index in [4.69, 9.17) is 5.11 Å². The van der Waals surface area contributed by atoms with Gasteiger partial charge in [0.2, 0.25) is 0 Å². The van der Waals surface area contributed by atoms with Gasteiger partial charge >= 0.3 is 12.0 Å². The van der Waals surface area contributed by atoms with Gasteiger partial charge in [0.1, 0.15) is 6.54 Å². The summed E-state index contributed by atoms with van der Waals surface area (Å²) in [6.07, 6.45) is 0.838. The number of aliphatic carboxylic acids is 1. The highest BCUT2D eigenvalue weighted by Crippen LogP contribution is 2.05. The van der Waals surface area contributed by atoms with Crippen LogP contribution in [-0.2, 0) is 4.79 Å². The third-order valence-corrected chi connectivity index (χ3v) is 2.27. The highest BCUT2D eigenvalue weighted by atomic mass is 16.4. The lowest BCUT2D eigenvalue weighted by Crippen LogP contribution is -2.46. The molecule has 0 aliphatic rings. The Kier molecular flexibility index (Phi) is 5.74. The Morgan fingerprint density at radius 2 is 1.93 bits per heavy atom. The van der Waals surface area contributed by atoms with Crippen LogP contribution in [0.2, 0.25) is 0 Å². The van der Waals surface area contributed by atoms with Crippen molar-refractivity contribution >= 4 is 12.0 Å². The van der Waals surface area contributed by atoms with Gasteiger partial charge in [-0.3, -0.25) is 4.79 Å². The number of carbonyl (C=O) groups is 2. The van der Waals surface area contributed by atoms with Crippen LogP contribution in [0.3, 0.4) is 0 Å². The van der Waals surface area contributed by atoms with E-state index in [-0.39, 0.29) is 18.6 Å². The summed E-state index contributed by atoms with van der Waals surface area (Å²) in [5, 5.41) is 11.3. The molecule has 5 nitrogen and oxygen atoms in total. The van der Waals surface area contributed by atoms with Crippen LogP contribution in [-0.4, -0.2) is 41.6 Å². The lowest BCUT2D eigenvalue weighted by atomic mass is 10.0. The molecule has 2 N–H and O–H groups in total. The van der Waals surface area contributed by atoms with Crippen LogP contribution < -0.4 is 5.32 Å². The fourth-order valence-corrected chi connectivity index (χ4v) is 1.28. The van der Waals surface area contributed by atoms with Gasteiger partial charge in [-0.05, 0) is 12.3 Å². The molecule has 0 heterocycles. The molecule has 1 atom stereocenters. The van der Waals surface area contributed by atoms with Gasteiger partial charge in [0.25, 0.3) is 0 Å². The van der Waals surface area contributed by atoms with Crippen LogP contribution in [0.4, 0.5) is 4.79 Å². The van der Waals surface area contributed by atoms with Crippen molar-refractivity contribution in [2.24, 2.45) is 5.92 Å². The van der Waals surface area contributed by atoms with Crippen molar-refractivity contribution in [3.63, 3.8) is 0 Å². The Morgan fingerprint density at radius 3 is 2.27 bits per heavy atom. The number of likely N-dealkylation sites (N-methyl/N-ethyl adjacent to an activating group) is 1. The van der Waals surface area contributed by atoms with E-state index in [2.05, 4.69) is 5.32 Å². The van der Waals surface area contributed by atoms with Gasteiger partial charge in [0, 0.05) is 13.1 Å². The van der Waals surface area contributed by atoms with Crippen LogP contribution in [0.25, 0.3) is 0 Å². The number of hydrogen-bond donors (Lipinski definition) is 2. The zero-order chi connectivity index (χ0) is 12.0. The van der Waals surface area contributed by atoms with E-state index in [1.54, 1.807) is 0 Å². The molecule has 0 aliphatic carbocycles. The fraction of sp³-hybridized carbons (Fsp3) is 0.800. The average molecular weight is 216 g/mol. The number of carbonyl (C=O) groups excluding carboxylic acids is 1. The molecule has 15 heavy (non-hydrogen) atoms. The van der Waals surface area contributed by atoms with E-state index in [0.717, 1.165) is 11.3 Å². The van der Waals surface area contributed by atoms with Crippen molar-refractivity contribution in [2.75, 3.05) is 13.6 Å². The third-order valence-electron chi connectivity index (χ3n) is 2.27. The predicted molar refractivity (Wildman–Crippen MR) is 57.7 cm³/mol. The number of hydrogen-bond acceptors (Lipinski definition) is 2. The van der Waals surface area contributed by atoms with E-state index in [0.29, 0.717) is 5.92 Å². The Balaban J connectivity index is 4.15. The summed E-state index contributed by atoms with van der Waals surface area (Å²) in [5.74, 6) is -0.664. The van der Waals surface area contributed by atoms with Gasteiger partial charge in [-0.25, -0.2) is 4.79 Å². The molecule has 0 spiro atoms. The largest absolute Gasteiger partial charge is 0.480 e. The first-order chi connectivity index (χ1) is 6.88. The number of rotatable bonds is 5. The second-order valence-electron chi connectivity index (χ2n) is 3.96. The van der Waals surface area contributed by atoms with E-state index in [1.807, 2.05) is 20.8 Å². The van der Waals surface area contributed by atoms with Crippen molar-refractivity contribution in [2.45, 2.75) is 33.2 Å². The molecule has 0 aromatic rings. The molecular formula is C10H20N2O3. The minimum atomic E-state index is -1.01. The van der Waals surface area contributed by atoms with Crippen LogP contribution in [0.5, 0.6) is 0 Å². The Bertz CT molecular complexity index is 229. The fourth-order valence-electron chi connectivity index (χ4n) is 1.28. The molecule has 0 saturated heterocycles. The molecule has 0 aliphatic heterocycles. The molecule has 0 bridgehead atoms. The molecule has 0 radical (unpaired) electrons. The lowest BCUT2D eigenvalue weighted by molar-refractivity contribution is -0.137. The number of urea groups is 1. The van der Waals surface area contributed by atoms with Crippen molar-refractivity contribution in [1.82, 2.24) is 10.2 Å². The Morgan fingerprint density at radius 1 is 1.40 bits per heavy atom. The molecule has 2 amide bonds. The molecule has 0 rings (SSSR count). The maximum Gasteiger partial charge on any atom is 0.323 e. The van der Waals surface area contributed by atoms with Gasteiger partial charge in [-0.1, -0.05) is 20.8 Å². The summed E-state index contributed by atoms with van der Waals surface area (Å²) < 4.78 is 0. The van der Waals surface area contributed by atoms with Gasteiger partial charge in [-0.2, -0.15) is 0 Å². The van der Waals surface area contributed by atoms with Gasteiger partial charge in [0.05, 0.1) is 0 Å². The summed E-state index contributed by atoms with van der Waals surface area (Å²) in [7, 11) is 1.47. The monoisotopic (exact) mass is 216 g/mol. The highest BCUT2D eigenvalue weighted by Gasteiger charge is 2.17. The Hall–Kier alpha value is -1.26. The van der Waals surface area contributed by atoms with E-state index in [9.17, 15) is 9.59 Å². The zero-order valence-corrected chi connectivity index (χ0v) is 9.78. The maximum absolute atomic E-state index is 11.5. The number of nitrogens with zero attached hydrogens (tertiary/aromatic N) is 1. The first-order valence-corrected chi connectivity index (χ1v) is 5.11. The smallest absolute Gasteiger partial charge is 0.323 e. The molecular weight excluding hydrogens is 196 g/mol. The number of nitrogens with one attached hydrogen (secondary N) is 1. The van der Waals surface area contributed by atoms with Crippen molar-refractivity contribution in [3.8, 4) is 0 Å². The van der Waals surface area contributed by atoms with Crippen LogP contribution >= 0.6 is 0 Å². The predicted octanol–water partition coefficient (Wildman–Crippen LogP) is 1.15. The van der Waals surface area contributed by atoms with Crippen LogP contribution in [0.15, 0.2) is 0 Å². The lowest BCUT2D eigenvalue weighted by Gasteiger charge is -2.24. The van der Waals surface area contributed by atoms with E-state index < -0.39 is 5.97 Å². The number of carboxylic acid groups (broad SMARTS) is 1. The van der Waals surface area contributed by atoms with Gasteiger partial charge in [-0.15, -0.1) is 0 Å². The normalized spacial score (nSPS) is 12.3. The minimum absolute atomic E-state index is 0.0914. The quantitative estimate of drug-likeness (QED) is 0.724. The summed E-state index contributed by atoms with van der Waals surface area (Å²) in [6.45, 7) is 5.75. The first-order valence-electron chi connectivity index (χ1n) is 5.11. The van der Waals surface area contributed by atoms with Crippen molar-refractivity contribution in [3.05, 3.63) is 0 Å². The molecule has 0 aromatic heterocycles. The highest BCUT2D eigenvalue weighted by molar-refractivity contribution is 5.79. The minimum Gasteiger partial charge on any atom is -0.480 e. The van der Waals surface area contributed by atoms with E-state index in [1.165, 1.54) is 7.05 Å². The second-order valence-corrected chi connectivity index (χ2v) is 3.96. The zero-order valence-electron chi connectivity index (χ0n) is 9.78. The van der Waals surface area contributed by atoms with E-state index >= 15 is 0 Å². The maximum atomic E-state index is 11.5. The Labute approximate surface area is 90.5 Å². The third kappa shape index (κ3) is 5.24. The standard InChI is InChI=1S/C10H20N2O3/c1-5-8(7(2)3)11-10(15)12(4)6-9(13)14/h7-8H,5-6H2,1-4H3,(H,11,15)(H,13,14). The molecule has 1 unspecified atom stereocenters. The number of amides is 2. The molecule has 0 aromatic carbocycles. The van der Waals surface area contributed by atoms with Crippen LogP contribution in [0, 0.1) is 5.92 Å². The van der Waals surface area contributed by atoms with Gasteiger partial charge in [0.15, 0.2) is 0 Å². The first kappa shape index (κ1) is 13.7. The molecule has 0 fully saturated rings. The topological polar surface area (TPSA) is 69.6 Å².